The zero-order chi connectivity index (χ0) is 15.0. The van der Waals surface area contributed by atoms with Gasteiger partial charge in [0, 0.05) is 11.1 Å². The monoisotopic (exact) mass is 323 g/mol. The third-order valence-corrected chi connectivity index (χ3v) is 3.25. The summed E-state index contributed by atoms with van der Waals surface area (Å²) in [6.45, 7) is 0. The van der Waals surface area contributed by atoms with Gasteiger partial charge in [-0.1, -0.05) is 35.3 Å². The summed E-state index contributed by atoms with van der Waals surface area (Å²) in [6, 6.07) is 9.41. The number of rotatable bonds is 3. The molecule has 0 aliphatic rings. The standard InChI is InChI=1S/C13H7Cl2N3O3/c14-7-5-8(15)12-10(6-7)17-13(21-12)16-9-3-1-2-4-11(9)18(19)20/h1-6H,(H,16,17). The van der Waals surface area contributed by atoms with Crippen molar-refractivity contribution in [2.75, 3.05) is 5.32 Å². The first-order chi connectivity index (χ1) is 10.0. The lowest BCUT2D eigenvalue weighted by Crippen LogP contribution is -1.96. The number of hydrogen-bond acceptors (Lipinski definition) is 5. The molecule has 0 aliphatic heterocycles. The Labute approximate surface area is 128 Å². The lowest BCUT2D eigenvalue weighted by atomic mass is 10.3. The van der Waals surface area contributed by atoms with Gasteiger partial charge in [-0.2, -0.15) is 4.98 Å². The molecule has 106 valence electrons. The Kier molecular flexibility index (Phi) is 3.40. The van der Waals surface area contributed by atoms with Gasteiger partial charge < -0.3 is 9.73 Å². The minimum atomic E-state index is -0.491. The number of halogens is 2. The summed E-state index contributed by atoms with van der Waals surface area (Å²) in [4.78, 5) is 14.6. The molecule has 0 amide bonds. The van der Waals surface area contributed by atoms with Crippen LogP contribution in [0.1, 0.15) is 0 Å². The number of nitrogens with one attached hydrogen (secondary N) is 1. The number of hydrogen-bond donors (Lipinski definition) is 1. The van der Waals surface area contributed by atoms with Gasteiger partial charge in [0.15, 0.2) is 5.58 Å². The van der Waals surface area contributed by atoms with Crippen molar-refractivity contribution in [3.05, 3.63) is 56.6 Å². The van der Waals surface area contributed by atoms with E-state index in [9.17, 15) is 10.1 Å². The predicted octanol–water partition coefficient (Wildman–Crippen LogP) is 4.79. The van der Waals surface area contributed by atoms with Gasteiger partial charge in [-0.15, -0.1) is 0 Å². The smallest absolute Gasteiger partial charge is 0.300 e. The van der Waals surface area contributed by atoms with Crippen molar-refractivity contribution in [2.24, 2.45) is 0 Å². The molecule has 0 radical (unpaired) electrons. The average Bonchev–Trinajstić information content (AvgIpc) is 2.81. The Morgan fingerprint density at radius 1 is 1.24 bits per heavy atom. The molecule has 1 heterocycles. The van der Waals surface area contributed by atoms with Crippen LogP contribution in [-0.4, -0.2) is 9.91 Å². The first kappa shape index (κ1) is 13.7. The topological polar surface area (TPSA) is 81.2 Å². The van der Waals surface area contributed by atoms with Gasteiger partial charge in [0.1, 0.15) is 11.2 Å². The highest BCUT2D eigenvalue weighted by molar-refractivity contribution is 6.38. The first-order valence-corrected chi connectivity index (χ1v) is 6.56. The highest BCUT2D eigenvalue weighted by Crippen LogP contribution is 2.32. The maximum Gasteiger partial charge on any atom is 0.300 e. The number of nitro groups is 1. The van der Waals surface area contributed by atoms with Crippen LogP contribution in [0.15, 0.2) is 40.8 Å². The van der Waals surface area contributed by atoms with E-state index in [0.29, 0.717) is 21.1 Å². The maximum absolute atomic E-state index is 11.0. The lowest BCUT2D eigenvalue weighted by molar-refractivity contribution is -0.383. The molecular formula is C13H7Cl2N3O3. The summed E-state index contributed by atoms with van der Waals surface area (Å²) in [5, 5.41) is 14.5. The number of aromatic nitrogens is 1. The van der Waals surface area contributed by atoms with E-state index in [1.54, 1.807) is 24.3 Å². The molecule has 0 atom stereocenters. The fraction of sp³-hybridized carbons (Fsp3) is 0. The van der Waals surface area contributed by atoms with Gasteiger partial charge in [-0.3, -0.25) is 10.1 Å². The summed E-state index contributed by atoms with van der Waals surface area (Å²) in [5.74, 6) is 0. The summed E-state index contributed by atoms with van der Waals surface area (Å²) >= 11 is 11.9. The van der Waals surface area contributed by atoms with Crippen molar-refractivity contribution < 1.29 is 9.34 Å². The third kappa shape index (κ3) is 2.63. The SMILES string of the molecule is O=[N+]([O-])c1ccccc1Nc1nc2cc(Cl)cc(Cl)c2o1. The molecule has 0 spiro atoms. The van der Waals surface area contributed by atoms with Crippen LogP contribution in [0.2, 0.25) is 10.0 Å². The molecule has 1 N–H and O–H groups in total. The molecule has 3 rings (SSSR count). The van der Waals surface area contributed by atoms with E-state index in [4.69, 9.17) is 27.6 Å². The van der Waals surface area contributed by atoms with Gasteiger partial charge in [0.25, 0.3) is 5.69 Å². The molecule has 21 heavy (non-hydrogen) atoms. The molecule has 0 aliphatic carbocycles. The van der Waals surface area contributed by atoms with Crippen LogP contribution in [0.25, 0.3) is 11.1 Å². The predicted molar refractivity (Wildman–Crippen MR) is 80.4 cm³/mol. The minimum Gasteiger partial charge on any atom is -0.422 e. The molecule has 0 bridgehead atoms. The molecular weight excluding hydrogens is 317 g/mol. The molecule has 8 heteroatoms. The Balaban J connectivity index is 2.03. The highest BCUT2D eigenvalue weighted by Gasteiger charge is 2.16. The molecule has 6 nitrogen and oxygen atoms in total. The van der Waals surface area contributed by atoms with Crippen molar-refractivity contribution in [3.63, 3.8) is 0 Å². The fourth-order valence-electron chi connectivity index (χ4n) is 1.87. The molecule has 0 saturated heterocycles. The molecule has 3 aromatic rings. The summed E-state index contributed by atoms with van der Waals surface area (Å²) in [7, 11) is 0. The number of oxazole rings is 1. The van der Waals surface area contributed by atoms with E-state index in [1.165, 1.54) is 12.1 Å². The molecule has 1 aromatic heterocycles. The third-order valence-electron chi connectivity index (χ3n) is 2.75. The number of nitrogens with zero attached hydrogens (tertiary/aromatic N) is 2. The number of para-hydroxylation sites is 2. The average molecular weight is 324 g/mol. The lowest BCUT2D eigenvalue weighted by Gasteiger charge is -2.01. The highest BCUT2D eigenvalue weighted by atomic mass is 35.5. The summed E-state index contributed by atoms with van der Waals surface area (Å²) < 4.78 is 5.46. The van der Waals surface area contributed by atoms with E-state index in [1.807, 2.05) is 0 Å². The van der Waals surface area contributed by atoms with Crippen LogP contribution >= 0.6 is 23.2 Å². The number of benzene rings is 2. The van der Waals surface area contributed by atoms with E-state index in [-0.39, 0.29) is 17.4 Å². The quantitative estimate of drug-likeness (QED) is 0.553. The van der Waals surface area contributed by atoms with Crippen LogP contribution in [0, 0.1) is 10.1 Å². The van der Waals surface area contributed by atoms with E-state index in [0.717, 1.165) is 0 Å². The van der Waals surface area contributed by atoms with E-state index < -0.39 is 4.92 Å². The van der Waals surface area contributed by atoms with Crippen molar-refractivity contribution in [1.82, 2.24) is 4.98 Å². The number of anilines is 2. The zero-order valence-electron chi connectivity index (χ0n) is 10.3. The normalized spacial score (nSPS) is 10.8. The van der Waals surface area contributed by atoms with Crippen LogP contribution in [0.3, 0.4) is 0 Å². The van der Waals surface area contributed by atoms with E-state index >= 15 is 0 Å². The van der Waals surface area contributed by atoms with Crippen LogP contribution in [-0.2, 0) is 0 Å². The van der Waals surface area contributed by atoms with Crippen molar-refractivity contribution in [1.29, 1.82) is 0 Å². The summed E-state index contributed by atoms with van der Waals surface area (Å²) in [6.07, 6.45) is 0. The Morgan fingerprint density at radius 3 is 2.76 bits per heavy atom. The van der Waals surface area contributed by atoms with Crippen LogP contribution in [0.4, 0.5) is 17.4 Å². The van der Waals surface area contributed by atoms with E-state index in [2.05, 4.69) is 10.3 Å². The Hall–Kier alpha value is -2.31. The second-order valence-electron chi connectivity index (χ2n) is 4.15. The molecule has 0 saturated carbocycles. The first-order valence-electron chi connectivity index (χ1n) is 5.80. The second kappa shape index (κ2) is 5.23. The minimum absolute atomic E-state index is 0.0797. The van der Waals surface area contributed by atoms with Crippen molar-refractivity contribution in [2.45, 2.75) is 0 Å². The van der Waals surface area contributed by atoms with Gasteiger partial charge in [-0.05, 0) is 18.2 Å². The number of nitro benzene ring substituents is 1. The van der Waals surface area contributed by atoms with Gasteiger partial charge in [-0.25, -0.2) is 0 Å². The van der Waals surface area contributed by atoms with Gasteiger partial charge in [0.2, 0.25) is 0 Å². The Bertz CT molecular complexity index is 848. The van der Waals surface area contributed by atoms with Gasteiger partial charge in [0.05, 0.1) is 9.95 Å². The van der Waals surface area contributed by atoms with Gasteiger partial charge >= 0.3 is 6.01 Å². The maximum atomic E-state index is 11.0. The summed E-state index contributed by atoms with van der Waals surface area (Å²) in [5.41, 5.74) is 1.02. The largest absolute Gasteiger partial charge is 0.422 e. The Morgan fingerprint density at radius 2 is 2.00 bits per heavy atom. The molecule has 0 fully saturated rings. The van der Waals surface area contributed by atoms with Crippen molar-refractivity contribution in [3.8, 4) is 0 Å². The second-order valence-corrected chi connectivity index (χ2v) is 5.00. The van der Waals surface area contributed by atoms with Crippen LogP contribution in [0.5, 0.6) is 0 Å². The van der Waals surface area contributed by atoms with Crippen LogP contribution < -0.4 is 5.32 Å². The molecule has 0 unspecified atom stereocenters. The zero-order valence-corrected chi connectivity index (χ0v) is 11.9. The molecule has 2 aromatic carbocycles. The fourth-order valence-corrected chi connectivity index (χ4v) is 2.39. The van der Waals surface area contributed by atoms with Crippen molar-refractivity contribution >= 4 is 51.7 Å². The number of fused-ring (bicyclic) bond motifs is 1.